The normalized spacial score (nSPS) is 24.0. The smallest absolute Gasteiger partial charge is 0.356 e. The summed E-state index contributed by atoms with van der Waals surface area (Å²) in [4.78, 5) is 23.7. The lowest BCUT2D eigenvalue weighted by molar-refractivity contribution is 0.0690. The van der Waals surface area contributed by atoms with Crippen LogP contribution in [0.4, 0.5) is 5.82 Å². The summed E-state index contributed by atoms with van der Waals surface area (Å²) >= 11 is 0. The molecular weight excluding hydrogens is 256 g/mol. The van der Waals surface area contributed by atoms with Crippen LogP contribution in [-0.2, 0) is 0 Å². The van der Waals surface area contributed by atoms with E-state index in [1.807, 2.05) is 0 Å². The van der Waals surface area contributed by atoms with E-state index >= 15 is 0 Å². The highest BCUT2D eigenvalue weighted by atomic mass is 16.4. The Morgan fingerprint density at radius 3 is 2.60 bits per heavy atom. The van der Waals surface area contributed by atoms with Gasteiger partial charge in [-0.15, -0.1) is 0 Å². The maximum absolute atomic E-state index is 10.8. The van der Waals surface area contributed by atoms with E-state index in [4.69, 9.17) is 5.11 Å². The van der Waals surface area contributed by atoms with Gasteiger partial charge in [0.25, 0.3) is 0 Å². The van der Waals surface area contributed by atoms with E-state index in [9.17, 15) is 4.79 Å². The number of likely N-dealkylation sites (tertiary alicyclic amines) is 1. The van der Waals surface area contributed by atoms with Crippen LogP contribution in [0.1, 0.15) is 36.2 Å². The molecular formula is C14H20N4O2. The summed E-state index contributed by atoms with van der Waals surface area (Å²) in [5.74, 6) is -0.244. The van der Waals surface area contributed by atoms with Gasteiger partial charge < -0.3 is 10.0 Å². The van der Waals surface area contributed by atoms with E-state index < -0.39 is 5.97 Å². The highest BCUT2D eigenvalue weighted by Gasteiger charge is 2.29. The number of piperidine rings is 1. The van der Waals surface area contributed by atoms with Gasteiger partial charge in [0.15, 0.2) is 5.69 Å². The number of nitrogens with zero attached hydrogens (tertiary/aromatic N) is 4. The largest absolute Gasteiger partial charge is 0.476 e. The zero-order valence-electron chi connectivity index (χ0n) is 11.5. The molecule has 1 aromatic heterocycles. The van der Waals surface area contributed by atoms with Crippen molar-refractivity contribution in [3.05, 3.63) is 18.1 Å². The fourth-order valence-corrected chi connectivity index (χ4v) is 3.13. The van der Waals surface area contributed by atoms with Gasteiger partial charge in [-0.1, -0.05) is 6.42 Å². The molecule has 20 heavy (non-hydrogen) atoms. The van der Waals surface area contributed by atoms with E-state index in [2.05, 4.69) is 19.8 Å². The molecule has 6 nitrogen and oxygen atoms in total. The van der Waals surface area contributed by atoms with Crippen molar-refractivity contribution < 1.29 is 9.90 Å². The maximum atomic E-state index is 10.8. The van der Waals surface area contributed by atoms with Gasteiger partial charge >= 0.3 is 5.97 Å². The summed E-state index contributed by atoms with van der Waals surface area (Å²) in [6.45, 7) is 4.37. The quantitative estimate of drug-likeness (QED) is 0.895. The first-order valence-electron chi connectivity index (χ1n) is 7.28. The minimum absolute atomic E-state index is 0.000488. The van der Waals surface area contributed by atoms with Crippen LogP contribution in [0, 0.1) is 0 Å². The molecule has 0 amide bonds. The van der Waals surface area contributed by atoms with Crippen LogP contribution < -0.4 is 4.90 Å². The summed E-state index contributed by atoms with van der Waals surface area (Å²) in [6.07, 6.45) is 8.04. The van der Waals surface area contributed by atoms with E-state index in [0.29, 0.717) is 6.04 Å². The number of aromatic carboxylic acids is 1. The zero-order valence-corrected chi connectivity index (χ0v) is 11.5. The fourth-order valence-electron chi connectivity index (χ4n) is 3.13. The Kier molecular flexibility index (Phi) is 3.82. The topological polar surface area (TPSA) is 69.6 Å². The number of aromatic nitrogens is 2. The Morgan fingerprint density at radius 2 is 1.95 bits per heavy atom. The second-order valence-electron chi connectivity index (χ2n) is 5.55. The van der Waals surface area contributed by atoms with Crippen molar-refractivity contribution in [1.29, 1.82) is 0 Å². The minimum Gasteiger partial charge on any atom is -0.476 e. The van der Waals surface area contributed by atoms with Crippen molar-refractivity contribution in [3.8, 4) is 0 Å². The number of hydrogen-bond acceptors (Lipinski definition) is 5. The van der Waals surface area contributed by atoms with E-state index in [-0.39, 0.29) is 5.69 Å². The molecule has 0 spiro atoms. The third-order valence-electron chi connectivity index (χ3n) is 4.25. The summed E-state index contributed by atoms with van der Waals surface area (Å²) in [7, 11) is 0. The number of rotatable bonds is 3. The molecule has 6 heteroatoms. The predicted octanol–water partition coefficient (Wildman–Crippen LogP) is 1.24. The molecule has 3 heterocycles. The third kappa shape index (κ3) is 2.75. The first-order valence-corrected chi connectivity index (χ1v) is 7.28. The van der Waals surface area contributed by atoms with Crippen LogP contribution in [0.15, 0.2) is 12.4 Å². The van der Waals surface area contributed by atoms with Gasteiger partial charge in [0.05, 0.1) is 12.4 Å². The molecule has 1 atom stereocenters. The first-order chi connectivity index (χ1) is 9.74. The molecule has 2 aliphatic heterocycles. The minimum atomic E-state index is -1.03. The lowest BCUT2D eigenvalue weighted by atomic mass is 10.1. The van der Waals surface area contributed by atoms with E-state index in [1.165, 1.54) is 38.5 Å². The molecule has 2 saturated heterocycles. The second kappa shape index (κ2) is 5.75. The number of hydrogen-bond donors (Lipinski definition) is 1. The Bertz CT molecular complexity index is 471. The fraction of sp³-hybridized carbons (Fsp3) is 0.643. The predicted molar refractivity (Wildman–Crippen MR) is 75.0 cm³/mol. The molecule has 0 aromatic carbocycles. The SMILES string of the molecule is O=C(O)c1cnc(N2CCC(N3CCCCC3)C2)cn1. The molecule has 108 valence electrons. The van der Waals surface area contributed by atoms with Crippen LogP contribution in [0.5, 0.6) is 0 Å². The molecule has 0 radical (unpaired) electrons. The van der Waals surface area contributed by atoms with Crippen molar-refractivity contribution in [2.45, 2.75) is 31.7 Å². The Balaban J connectivity index is 1.62. The monoisotopic (exact) mass is 276 g/mol. The van der Waals surface area contributed by atoms with Crippen LogP contribution in [0.2, 0.25) is 0 Å². The van der Waals surface area contributed by atoms with E-state index in [0.717, 1.165) is 25.3 Å². The van der Waals surface area contributed by atoms with Crippen LogP contribution in [-0.4, -0.2) is 58.2 Å². The van der Waals surface area contributed by atoms with Gasteiger partial charge in [-0.2, -0.15) is 0 Å². The van der Waals surface area contributed by atoms with Gasteiger partial charge in [-0.3, -0.25) is 4.90 Å². The van der Waals surface area contributed by atoms with Gasteiger partial charge in [0.1, 0.15) is 5.82 Å². The lowest BCUT2D eigenvalue weighted by Crippen LogP contribution is -2.41. The molecule has 0 saturated carbocycles. The lowest BCUT2D eigenvalue weighted by Gasteiger charge is -2.32. The molecule has 2 fully saturated rings. The van der Waals surface area contributed by atoms with Crippen LogP contribution in [0.25, 0.3) is 0 Å². The summed E-state index contributed by atoms with van der Waals surface area (Å²) in [6, 6.07) is 0.608. The van der Waals surface area contributed by atoms with Crippen molar-refractivity contribution >= 4 is 11.8 Å². The number of carboxylic acids is 1. The second-order valence-corrected chi connectivity index (χ2v) is 5.55. The van der Waals surface area contributed by atoms with Crippen LogP contribution >= 0.6 is 0 Å². The van der Waals surface area contributed by atoms with Crippen molar-refractivity contribution in [1.82, 2.24) is 14.9 Å². The third-order valence-corrected chi connectivity index (χ3v) is 4.25. The highest BCUT2D eigenvalue weighted by molar-refractivity contribution is 5.84. The summed E-state index contributed by atoms with van der Waals surface area (Å²) < 4.78 is 0. The molecule has 2 aliphatic rings. The van der Waals surface area contributed by atoms with Gasteiger partial charge in [-0.05, 0) is 32.4 Å². The number of anilines is 1. The zero-order chi connectivity index (χ0) is 13.9. The van der Waals surface area contributed by atoms with Crippen molar-refractivity contribution in [2.75, 3.05) is 31.1 Å². The molecule has 0 bridgehead atoms. The Labute approximate surface area is 118 Å². The standard InChI is InChI=1S/C14H20N4O2/c19-14(20)12-8-16-13(9-15-12)18-7-4-11(10-18)17-5-2-1-3-6-17/h8-9,11H,1-7,10H2,(H,19,20). The number of carbonyl (C=O) groups is 1. The number of carboxylic acid groups (broad SMARTS) is 1. The first kappa shape index (κ1) is 13.3. The molecule has 1 N–H and O–H groups in total. The highest BCUT2D eigenvalue weighted by Crippen LogP contribution is 2.23. The molecule has 0 aliphatic carbocycles. The molecule has 3 rings (SSSR count). The molecule has 1 aromatic rings. The summed E-state index contributed by atoms with van der Waals surface area (Å²) in [5, 5.41) is 8.83. The average Bonchev–Trinajstić information content (AvgIpc) is 2.98. The average molecular weight is 276 g/mol. The maximum Gasteiger partial charge on any atom is 0.356 e. The Hall–Kier alpha value is -1.69. The van der Waals surface area contributed by atoms with Gasteiger partial charge in [0, 0.05) is 19.1 Å². The Morgan fingerprint density at radius 1 is 1.15 bits per heavy atom. The van der Waals surface area contributed by atoms with E-state index in [1.54, 1.807) is 6.20 Å². The van der Waals surface area contributed by atoms with Crippen molar-refractivity contribution in [2.24, 2.45) is 0 Å². The van der Waals surface area contributed by atoms with Gasteiger partial charge in [0.2, 0.25) is 0 Å². The van der Waals surface area contributed by atoms with Crippen molar-refractivity contribution in [3.63, 3.8) is 0 Å². The van der Waals surface area contributed by atoms with Gasteiger partial charge in [-0.25, -0.2) is 14.8 Å². The molecule has 1 unspecified atom stereocenters. The summed E-state index contributed by atoms with van der Waals surface area (Å²) in [5.41, 5.74) is 0.000488. The van der Waals surface area contributed by atoms with Crippen LogP contribution in [0.3, 0.4) is 0 Å².